The third-order valence-electron chi connectivity index (χ3n) is 33.4. The van der Waals surface area contributed by atoms with Crippen LogP contribution in [0.1, 0.15) is 188 Å². The van der Waals surface area contributed by atoms with Crippen LogP contribution in [0.3, 0.4) is 0 Å². The second-order valence-corrected chi connectivity index (χ2v) is 67.7. The van der Waals surface area contributed by atoms with Crippen molar-refractivity contribution >= 4 is 32.3 Å². The van der Waals surface area contributed by atoms with Crippen molar-refractivity contribution < 1.29 is 0 Å². The van der Waals surface area contributed by atoms with Crippen LogP contribution >= 0.6 is 0 Å². The first kappa shape index (κ1) is 107. The third kappa shape index (κ3) is 21.4. The van der Waals surface area contributed by atoms with Gasteiger partial charge in [0.2, 0.25) is 0 Å². The van der Waals surface area contributed by atoms with Crippen molar-refractivity contribution in [3.63, 3.8) is 0 Å². The van der Waals surface area contributed by atoms with Crippen LogP contribution in [0.25, 0.3) is 178 Å². The van der Waals surface area contributed by atoms with Gasteiger partial charge < -0.3 is 0 Å². The highest BCUT2D eigenvalue weighted by atomic mass is 28.3. The van der Waals surface area contributed by atoms with Crippen LogP contribution in [-0.4, -0.2) is 37.3 Å². The number of nitrogens with zero attached hydrogens (tertiary/aromatic N) is 1. The Morgan fingerprint density at radius 1 is 0.147 bits per heavy atom. The van der Waals surface area contributed by atoms with Crippen LogP contribution in [0.5, 0.6) is 0 Å². The van der Waals surface area contributed by atoms with E-state index in [1.165, 1.54) is 0 Å². The minimum Gasteiger partial charge on any atom is -0.256 e. The molecular weight excluding hydrogens is 1870 g/mol. The summed E-state index contributed by atoms with van der Waals surface area (Å²) in [4.78, 5) is 4.98. The average molecular weight is 2020 g/mol. The molecule has 0 saturated heterocycles. The zero-order valence-corrected chi connectivity index (χ0v) is 96.9. The van der Waals surface area contributed by atoms with Gasteiger partial charge >= 0.3 is 0 Å². The summed E-state index contributed by atoms with van der Waals surface area (Å²) >= 11 is 0. The first-order chi connectivity index (χ1) is 72.3. The predicted molar refractivity (Wildman–Crippen MR) is 663 cm³/mol. The molecule has 0 unspecified atom stereocenters. The molecule has 0 N–H and O–H groups in total. The maximum Gasteiger partial charge on any atom is 0.146 e. The highest BCUT2D eigenvalue weighted by Crippen LogP contribution is 2.58. The fourth-order valence-corrected chi connectivity index (χ4v) is 47.0. The molecule has 1 aromatic heterocycles. The fourth-order valence-electron chi connectivity index (χ4n) is 26.1. The SMILES string of the molecule is CC(C)[Si](C#Cc1ccc(-c2c(-c3ccccc3)cc(-c3ccc(-c4c(-c5ccccc5)cc(-c5cccc(-c6ccccn6)c5)c(-c5ccccc5)c4-c4ccc(-c5cc(-c6ccccc6)c(-c6ccc(C#C[Si](C(C)C)(C(C)C)C(C)C)cc6)c(-c6ccc(C#C[Si](C(C)C)(C(C)C)C(C)C)cc6)c5-c5ccccc5)cc4)cc3)c(-c3ccccc3)c2-c2ccc(C#C[Si](C(C)C)(C(C)C)C(C)C)cc2)cc1)(C(C)C)C(C)C. The zero-order valence-electron chi connectivity index (χ0n) is 92.9. The summed E-state index contributed by atoms with van der Waals surface area (Å²) in [6, 6.07) is 146. The molecular formula is C145H149NSi4. The van der Waals surface area contributed by atoms with Gasteiger partial charge in [-0.3, -0.25) is 4.98 Å². The first-order valence-corrected chi connectivity index (χ1v) is 64.0. The number of aromatic nitrogens is 1. The number of hydrogen-bond donors (Lipinski definition) is 0. The van der Waals surface area contributed by atoms with E-state index < -0.39 is 32.3 Å². The molecule has 0 bridgehead atoms. The molecule has 16 aromatic carbocycles. The van der Waals surface area contributed by atoms with Crippen molar-refractivity contribution in [2.24, 2.45) is 0 Å². The molecule has 0 aliphatic rings. The quantitative estimate of drug-likeness (QED) is 0.0352. The summed E-state index contributed by atoms with van der Waals surface area (Å²) in [6.45, 7) is 57.7. The molecule has 150 heavy (non-hydrogen) atoms. The van der Waals surface area contributed by atoms with Gasteiger partial charge in [-0.2, -0.15) is 0 Å². The van der Waals surface area contributed by atoms with E-state index in [0.717, 1.165) is 200 Å². The predicted octanol–water partition coefficient (Wildman–Crippen LogP) is 42.0. The molecule has 0 saturated carbocycles. The van der Waals surface area contributed by atoms with E-state index >= 15 is 0 Å². The summed E-state index contributed by atoms with van der Waals surface area (Å²) < 4.78 is 0. The van der Waals surface area contributed by atoms with Gasteiger partial charge in [0, 0.05) is 34.0 Å². The van der Waals surface area contributed by atoms with E-state index in [9.17, 15) is 0 Å². The summed E-state index contributed by atoms with van der Waals surface area (Å²) in [5.41, 5.74) is 62.0. The Morgan fingerprint density at radius 3 is 0.527 bits per heavy atom. The summed E-state index contributed by atoms with van der Waals surface area (Å²) in [5, 5.41) is 0. The molecule has 750 valence electrons. The number of rotatable bonds is 28. The van der Waals surface area contributed by atoms with Gasteiger partial charge in [0.1, 0.15) is 32.3 Å². The zero-order chi connectivity index (χ0) is 106. The molecule has 17 aromatic rings. The molecule has 0 amide bonds. The Hall–Kier alpha value is -14.2. The molecule has 17 rings (SSSR count). The van der Waals surface area contributed by atoms with Crippen LogP contribution in [0.2, 0.25) is 66.5 Å². The molecule has 0 radical (unpaired) electrons. The molecule has 5 heteroatoms. The largest absolute Gasteiger partial charge is 0.256 e. The highest BCUT2D eigenvalue weighted by Gasteiger charge is 2.46. The monoisotopic (exact) mass is 2020 g/mol. The van der Waals surface area contributed by atoms with E-state index in [1.807, 2.05) is 12.3 Å². The molecule has 0 spiro atoms. The molecule has 0 fully saturated rings. The smallest absolute Gasteiger partial charge is 0.146 e. The lowest BCUT2D eigenvalue weighted by Gasteiger charge is -2.38. The number of hydrogen-bond acceptors (Lipinski definition) is 1. The van der Waals surface area contributed by atoms with Crippen LogP contribution in [-0.2, 0) is 0 Å². The van der Waals surface area contributed by atoms with Gasteiger partial charge in [0.25, 0.3) is 0 Å². The van der Waals surface area contributed by atoms with Gasteiger partial charge in [-0.25, -0.2) is 0 Å². The Kier molecular flexibility index (Phi) is 33.2. The Balaban J connectivity index is 0.939. The fraction of sp³-hybridized carbons (Fsp3) is 0.248. The van der Waals surface area contributed by atoms with E-state index in [0.29, 0.717) is 66.5 Å². The van der Waals surface area contributed by atoms with Crippen molar-refractivity contribution in [3.8, 4) is 224 Å². The minimum absolute atomic E-state index is 0.499. The van der Waals surface area contributed by atoms with Crippen molar-refractivity contribution in [3.05, 3.63) is 417 Å². The molecule has 0 atom stereocenters. The van der Waals surface area contributed by atoms with Crippen LogP contribution < -0.4 is 0 Å². The lowest BCUT2D eigenvalue weighted by Crippen LogP contribution is -2.43. The number of benzene rings is 16. The van der Waals surface area contributed by atoms with Crippen molar-refractivity contribution in [1.29, 1.82) is 0 Å². The van der Waals surface area contributed by atoms with Crippen LogP contribution in [0.4, 0.5) is 0 Å². The lowest BCUT2D eigenvalue weighted by atomic mass is 9.77. The summed E-state index contributed by atoms with van der Waals surface area (Å²) in [5.74, 6) is 15.4. The minimum atomic E-state index is -2.10. The Morgan fingerprint density at radius 2 is 0.313 bits per heavy atom. The second-order valence-electron chi connectivity index (χ2n) is 45.3. The van der Waals surface area contributed by atoms with Gasteiger partial charge in [0.15, 0.2) is 0 Å². The molecule has 1 heterocycles. The average Bonchev–Trinajstić information content (AvgIpc) is 0.724. The highest BCUT2D eigenvalue weighted by molar-refractivity contribution is 6.92. The van der Waals surface area contributed by atoms with E-state index in [4.69, 9.17) is 4.98 Å². The van der Waals surface area contributed by atoms with Crippen molar-refractivity contribution in [1.82, 2.24) is 4.98 Å². The van der Waals surface area contributed by atoms with Gasteiger partial charge in [-0.15, -0.1) is 22.2 Å². The first-order valence-electron chi connectivity index (χ1n) is 55.0. The third-order valence-corrected chi connectivity index (χ3v) is 58.5. The standard InChI is InChI=1S/C145H149NSi4/c1-98(2)147(99(3)4,100(5)6)90-85-110-61-69-122(70-62-110)140-130(114-46-31-25-32-47-114)95-133(137(119-52-37-28-38-53-119)143(140)125-73-65-112(66-74-125)87-92-149(104(13)14,105(15)16)106(17)18)117-77-81-124(82-78-117)142-132(116-50-35-27-36-51-116)97-135(128-58-45-59-129(94-128)136-60-43-44-89-146-136)139(121-56-41-30-42-57-121)145(142)127-83-79-118(80-84-127)134-96-131(115-48-33-26-34-49-115)141(123-71-63-111(64-72-123)86-91-148(101(7)8,102(9)10)103(11)12)144(138(134)120-54-39-29-40-55-120)126-75-67-113(68-76-126)88-93-150(107(19)20,108(21)22)109(23)24/h25-84,89,94-109H,1-24H3. The van der Waals surface area contributed by atoms with E-state index in [-0.39, 0.29) is 0 Å². The maximum absolute atomic E-state index is 4.98. The number of pyridine rings is 1. The van der Waals surface area contributed by atoms with Crippen molar-refractivity contribution in [2.45, 2.75) is 233 Å². The molecule has 1 nitrogen and oxygen atoms in total. The van der Waals surface area contributed by atoms with Crippen LogP contribution in [0.15, 0.2) is 394 Å². The molecule has 0 aliphatic heterocycles. The Labute approximate surface area is 903 Å². The lowest BCUT2D eigenvalue weighted by molar-refractivity contribution is 0.838. The topological polar surface area (TPSA) is 12.9 Å². The van der Waals surface area contributed by atoms with Gasteiger partial charge in [0.05, 0.1) is 5.69 Å². The Bertz CT molecular complexity index is 7760. The van der Waals surface area contributed by atoms with E-state index in [1.54, 1.807) is 0 Å². The summed E-state index contributed by atoms with van der Waals surface area (Å²) in [7, 11) is -8.33. The second kappa shape index (κ2) is 46.5. The van der Waals surface area contributed by atoms with Crippen molar-refractivity contribution in [2.75, 3.05) is 0 Å². The normalized spacial score (nSPS) is 12.0. The van der Waals surface area contributed by atoms with Gasteiger partial charge in [-0.1, -0.05) is 493 Å². The maximum atomic E-state index is 4.98. The van der Waals surface area contributed by atoms with Crippen LogP contribution in [0, 0.1) is 45.9 Å². The van der Waals surface area contributed by atoms with E-state index in [2.05, 4.69) is 594 Å². The summed E-state index contributed by atoms with van der Waals surface area (Å²) in [6.07, 6.45) is 1.90. The molecule has 0 aliphatic carbocycles. The van der Waals surface area contributed by atoms with Gasteiger partial charge in [-0.05, 0) is 318 Å².